The molecule has 2 amide bonds. The van der Waals surface area contributed by atoms with Gasteiger partial charge in [-0.3, -0.25) is 9.59 Å². The number of nitrogens with one attached hydrogen (secondary N) is 1. The lowest BCUT2D eigenvalue weighted by Gasteiger charge is -2.28. The standard InChI is InChI=1S/C6H8N2O2/c9-5-3-6(10)8(5)7-4-1-2-4/h4,7H,1-3H2. The van der Waals surface area contributed by atoms with Gasteiger partial charge in [0.1, 0.15) is 6.42 Å². The summed E-state index contributed by atoms with van der Waals surface area (Å²) in [7, 11) is 0. The molecule has 10 heavy (non-hydrogen) atoms. The van der Waals surface area contributed by atoms with Gasteiger partial charge in [-0.1, -0.05) is 0 Å². The van der Waals surface area contributed by atoms with Crippen molar-refractivity contribution in [2.24, 2.45) is 0 Å². The van der Waals surface area contributed by atoms with E-state index in [2.05, 4.69) is 5.43 Å². The Morgan fingerprint density at radius 1 is 1.30 bits per heavy atom. The van der Waals surface area contributed by atoms with Crippen molar-refractivity contribution in [2.45, 2.75) is 25.3 Å². The van der Waals surface area contributed by atoms with Gasteiger partial charge in [-0.2, -0.15) is 0 Å². The summed E-state index contributed by atoms with van der Waals surface area (Å²) in [4.78, 5) is 21.3. The molecule has 1 heterocycles. The molecule has 0 bridgehead atoms. The van der Waals surface area contributed by atoms with Gasteiger partial charge < -0.3 is 0 Å². The molecule has 1 saturated heterocycles. The van der Waals surface area contributed by atoms with Crippen LogP contribution in [-0.2, 0) is 9.59 Å². The Morgan fingerprint density at radius 3 is 2.30 bits per heavy atom. The first-order valence-corrected chi connectivity index (χ1v) is 3.39. The Bertz CT molecular complexity index is 184. The SMILES string of the molecule is O=C1CC(=O)N1NC1CC1. The van der Waals surface area contributed by atoms with Crippen LogP contribution in [0.4, 0.5) is 0 Å². The number of rotatable bonds is 2. The number of hydrogen-bond acceptors (Lipinski definition) is 3. The van der Waals surface area contributed by atoms with Gasteiger partial charge in [0.25, 0.3) is 11.8 Å². The number of imide groups is 1. The minimum absolute atomic E-state index is 0.0831. The second-order valence-corrected chi connectivity index (χ2v) is 2.70. The summed E-state index contributed by atoms with van der Waals surface area (Å²) < 4.78 is 0. The number of β-lactam (4-membered cyclic amide) rings is 2. The van der Waals surface area contributed by atoms with Gasteiger partial charge in [-0.05, 0) is 12.8 Å². The highest BCUT2D eigenvalue weighted by Gasteiger charge is 2.38. The molecular weight excluding hydrogens is 132 g/mol. The van der Waals surface area contributed by atoms with Crippen molar-refractivity contribution >= 4 is 11.8 Å². The minimum atomic E-state index is -0.100. The molecule has 2 aliphatic rings. The van der Waals surface area contributed by atoms with Crippen molar-refractivity contribution in [1.29, 1.82) is 0 Å². The molecule has 2 fully saturated rings. The fraction of sp³-hybridized carbons (Fsp3) is 0.667. The van der Waals surface area contributed by atoms with Gasteiger partial charge >= 0.3 is 0 Å². The molecule has 1 N–H and O–H groups in total. The van der Waals surface area contributed by atoms with Gasteiger partial charge in [0, 0.05) is 6.04 Å². The maximum atomic E-state index is 10.6. The van der Waals surface area contributed by atoms with Crippen molar-refractivity contribution < 1.29 is 9.59 Å². The average molecular weight is 140 g/mol. The zero-order valence-corrected chi connectivity index (χ0v) is 5.46. The molecule has 4 heteroatoms. The highest BCUT2D eigenvalue weighted by molar-refractivity contribution is 6.14. The average Bonchev–Trinajstić information content (AvgIpc) is 2.66. The maximum Gasteiger partial charge on any atom is 0.253 e. The molecule has 0 aromatic heterocycles. The monoisotopic (exact) mass is 140 g/mol. The van der Waals surface area contributed by atoms with Crippen LogP contribution in [0.15, 0.2) is 0 Å². The molecule has 0 aromatic carbocycles. The zero-order valence-electron chi connectivity index (χ0n) is 5.46. The molecule has 0 aromatic rings. The molecule has 54 valence electrons. The van der Waals surface area contributed by atoms with Crippen molar-refractivity contribution in [3.63, 3.8) is 0 Å². The highest BCUT2D eigenvalue weighted by atomic mass is 16.2. The number of hydrogen-bond donors (Lipinski definition) is 1. The van der Waals surface area contributed by atoms with Crippen LogP contribution in [0, 0.1) is 0 Å². The van der Waals surface area contributed by atoms with E-state index < -0.39 is 0 Å². The third-order valence-corrected chi connectivity index (χ3v) is 1.69. The van der Waals surface area contributed by atoms with Crippen LogP contribution in [0.25, 0.3) is 0 Å². The van der Waals surface area contributed by atoms with Crippen LogP contribution in [-0.4, -0.2) is 22.9 Å². The van der Waals surface area contributed by atoms with Crippen LogP contribution in [0.2, 0.25) is 0 Å². The Morgan fingerprint density at radius 2 is 1.90 bits per heavy atom. The molecule has 0 spiro atoms. The summed E-state index contributed by atoms with van der Waals surface area (Å²) in [5.41, 5.74) is 2.82. The number of hydrazine groups is 1. The van der Waals surface area contributed by atoms with Gasteiger partial charge in [-0.25, -0.2) is 10.4 Å². The topological polar surface area (TPSA) is 49.4 Å². The number of nitrogens with zero attached hydrogens (tertiary/aromatic N) is 1. The van der Waals surface area contributed by atoms with Gasteiger partial charge in [0.15, 0.2) is 0 Å². The van der Waals surface area contributed by atoms with E-state index in [4.69, 9.17) is 0 Å². The second kappa shape index (κ2) is 1.79. The summed E-state index contributed by atoms with van der Waals surface area (Å²) >= 11 is 0. The van der Waals surface area contributed by atoms with Gasteiger partial charge in [-0.15, -0.1) is 0 Å². The second-order valence-electron chi connectivity index (χ2n) is 2.70. The smallest absolute Gasteiger partial charge is 0.253 e. The predicted molar refractivity (Wildman–Crippen MR) is 32.6 cm³/mol. The number of carbonyl (C=O) groups excluding carboxylic acids is 2. The van der Waals surface area contributed by atoms with Crippen molar-refractivity contribution in [3.8, 4) is 0 Å². The van der Waals surface area contributed by atoms with Crippen LogP contribution < -0.4 is 5.43 Å². The third kappa shape index (κ3) is 0.806. The van der Waals surface area contributed by atoms with Crippen LogP contribution >= 0.6 is 0 Å². The molecule has 0 radical (unpaired) electrons. The lowest BCUT2D eigenvalue weighted by Crippen LogP contribution is -2.57. The molecule has 1 aliphatic carbocycles. The minimum Gasteiger partial charge on any atom is -0.272 e. The molecule has 0 atom stereocenters. The van der Waals surface area contributed by atoms with Crippen LogP contribution in [0.3, 0.4) is 0 Å². The predicted octanol–water partition coefficient (Wildman–Crippen LogP) is -0.588. The van der Waals surface area contributed by atoms with E-state index in [1.807, 2.05) is 0 Å². The van der Waals surface area contributed by atoms with Crippen molar-refractivity contribution in [1.82, 2.24) is 10.4 Å². The van der Waals surface area contributed by atoms with Crippen molar-refractivity contribution in [2.75, 3.05) is 0 Å². The number of carbonyl (C=O) groups is 2. The molecule has 2 rings (SSSR count). The molecule has 1 saturated carbocycles. The highest BCUT2D eigenvalue weighted by Crippen LogP contribution is 2.21. The lowest BCUT2D eigenvalue weighted by molar-refractivity contribution is -0.162. The van der Waals surface area contributed by atoms with E-state index in [0.717, 1.165) is 17.9 Å². The molecule has 0 unspecified atom stereocenters. The van der Waals surface area contributed by atoms with E-state index in [1.54, 1.807) is 0 Å². The molecular formula is C6H8N2O2. The van der Waals surface area contributed by atoms with E-state index in [0.29, 0.717) is 6.04 Å². The fourth-order valence-corrected chi connectivity index (χ4v) is 0.874. The summed E-state index contributed by atoms with van der Waals surface area (Å²) in [6.45, 7) is 0. The Hall–Kier alpha value is -0.900. The van der Waals surface area contributed by atoms with Gasteiger partial charge in [0.05, 0.1) is 0 Å². The first-order valence-electron chi connectivity index (χ1n) is 3.39. The Kier molecular flexibility index (Phi) is 1.05. The van der Waals surface area contributed by atoms with E-state index >= 15 is 0 Å². The quantitative estimate of drug-likeness (QED) is 0.412. The van der Waals surface area contributed by atoms with Crippen LogP contribution in [0.1, 0.15) is 19.3 Å². The van der Waals surface area contributed by atoms with Crippen LogP contribution in [0.5, 0.6) is 0 Å². The third-order valence-electron chi connectivity index (χ3n) is 1.69. The normalized spacial score (nSPS) is 25.0. The van der Waals surface area contributed by atoms with Crippen molar-refractivity contribution in [3.05, 3.63) is 0 Å². The lowest BCUT2D eigenvalue weighted by atomic mass is 10.2. The largest absolute Gasteiger partial charge is 0.272 e. The summed E-state index contributed by atoms with van der Waals surface area (Å²) in [5, 5.41) is 1.12. The molecule has 1 aliphatic heterocycles. The first kappa shape index (κ1) is 5.85. The Balaban J connectivity index is 1.90. The summed E-state index contributed by atoms with van der Waals surface area (Å²) in [5.74, 6) is -0.200. The van der Waals surface area contributed by atoms with E-state index in [1.165, 1.54) is 0 Å². The maximum absolute atomic E-state index is 10.6. The first-order chi connectivity index (χ1) is 4.77. The summed E-state index contributed by atoms with van der Waals surface area (Å²) in [6, 6.07) is 0.383. The van der Waals surface area contributed by atoms with E-state index in [9.17, 15) is 9.59 Å². The van der Waals surface area contributed by atoms with E-state index in [-0.39, 0.29) is 18.2 Å². The number of amides is 2. The summed E-state index contributed by atoms with van der Waals surface area (Å²) in [6.07, 6.45) is 2.24. The Labute approximate surface area is 58.2 Å². The van der Waals surface area contributed by atoms with Gasteiger partial charge in [0.2, 0.25) is 0 Å². The molecule has 4 nitrogen and oxygen atoms in total. The zero-order chi connectivity index (χ0) is 7.14. The fourth-order valence-electron chi connectivity index (χ4n) is 0.874.